The van der Waals surface area contributed by atoms with Crippen molar-refractivity contribution in [3.8, 4) is 0 Å². The third kappa shape index (κ3) is 3.90. The van der Waals surface area contributed by atoms with Crippen molar-refractivity contribution in [1.82, 2.24) is 25.2 Å². The van der Waals surface area contributed by atoms with E-state index in [1.54, 1.807) is 6.07 Å². The van der Waals surface area contributed by atoms with Crippen molar-refractivity contribution in [3.63, 3.8) is 0 Å². The SMILES string of the molecule is CC.CCON1C(=O)c2nnc(Nc3cc(C)nc(C)n3)cc2C1C. The molecule has 1 amide bonds. The Hall–Kier alpha value is -2.61. The van der Waals surface area contributed by atoms with Crippen LogP contribution in [0.25, 0.3) is 0 Å². The van der Waals surface area contributed by atoms with Gasteiger partial charge in [0.2, 0.25) is 0 Å². The van der Waals surface area contributed by atoms with Crippen LogP contribution in [0.3, 0.4) is 0 Å². The Kier molecular flexibility index (Phi) is 5.97. The van der Waals surface area contributed by atoms with Crippen molar-refractivity contribution in [3.05, 3.63) is 34.9 Å². The normalized spacial score (nSPS) is 15.5. The van der Waals surface area contributed by atoms with Gasteiger partial charge in [-0.25, -0.2) is 15.0 Å². The van der Waals surface area contributed by atoms with Crippen LogP contribution < -0.4 is 5.32 Å². The molecule has 8 heteroatoms. The lowest BCUT2D eigenvalue weighted by atomic mass is 10.1. The van der Waals surface area contributed by atoms with Crippen LogP contribution in [0.1, 0.15) is 61.3 Å². The van der Waals surface area contributed by atoms with E-state index >= 15 is 0 Å². The molecular weight excluding hydrogens is 320 g/mol. The molecular formula is C17H24N6O2. The molecule has 1 aliphatic rings. The molecule has 0 saturated heterocycles. The third-order valence-electron chi connectivity index (χ3n) is 3.52. The van der Waals surface area contributed by atoms with Crippen LogP contribution in [0.4, 0.5) is 11.6 Å². The summed E-state index contributed by atoms with van der Waals surface area (Å²) in [4.78, 5) is 26.1. The summed E-state index contributed by atoms with van der Waals surface area (Å²) in [7, 11) is 0. The first-order valence-electron chi connectivity index (χ1n) is 8.43. The first kappa shape index (κ1) is 18.7. The number of hydrogen-bond acceptors (Lipinski definition) is 7. The number of nitrogens with one attached hydrogen (secondary N) is 1. The summed E-state index contributed by atoms with van der Waals surface area (Å²) in [6, 6.07) is 3.42. The van der Waals surface area contributed by atoms with Gasteiger partial charge in [-0.1, -0.05) is 13.8 Å². The molecule has 3 rings (SSSR count). The topological polar surface area (TPSA) is 93.1 Å². The number of aryl methyl sites for hydroxylation is 2. The zero-order chi connectivity index (χ0) is 18.6. The molecule has 1 atom stereocenters. The lowest BCUT2D eigenvalue weighted by molar-refractivity contribution is -0.136. The minimum Gasteiger partial charge on any atom is -0.323 e. The highest BCUT2D eigenvalue weighted by Gasteiger charge is 2.37. The number of rotatable bonds is 4. The molecule has 134 valence electrons. The summed E-state index contributed by atoms with van der Waals surface area (Å²) < 4.78 is 0. The Morgan fingerprint density at radius 3 is 2.52 bits per heavy atom. The fourth-order valence-corrected chi connectivity index (χ4v) is 2.58. The maximum atomic E-state index is 12.2. The second-order valence-corrected chi connectivity index (χ2v) is 5.33. The smallest absolute Gasteiger partial charge is 0.298 e. The van der Waals surface area contributed by atoms with E-state index in [2.05, 4.69) is 25.5 Å². The highest BCUT2D eigenvalue weighted by Crippen LogP contribution is 2.33. The van der Waals surface area contributed by atoms with Gasteiger partial charge in [-0.3, -0.25) is 9.63 Å². The van der Waals surface area contributed by atoms with E-state index < -0.39 is 0 Å². The van der Waals surface area contributed by atoms with Crippen molar-refractivity contribution in [2.75, 3.05) is 11.9 Å². The highest BCUT2D eigenvalue weighted by atomic mass is 16.7. The van der Waals surface area contributed by atoms with Gasteiger partial charge in [-0.15, -0.1) is 10.2 Å². The summed E-state index contributed by atoms with van der Waals surface area (Å²) in [5.74, 6) is 1.58. The van der Waals surface area contributed by atoms with Crippen molar-refractivity contribution in [2.45, 2.75) is 47.6 Å². The van der Waals surface area contributed by atoms with Crippen molar-refractivity contribution in [2.24, 2.45) is 0 Å². The summed E-state index contributed by atoms with van der Waals surface area (Å²) >= 11 is 0. The van der Waals surface area contributed by atoms with Crippen LogP contribution in [0, 0.1) is 13.8 Å². The molecule has 0 spiro atoms. The summed E-state index contributed by atoms with van der Waals surface area (Å²) in [6.07, 6.45) is 0. The highest BCUT2D eigenvalue weighted by molar-refractivity contribution is 5.96. The summed E-state index contributed by atoms with van der Waals surface area (Å²) in [6.45, 7) is 11.9. The first-order valence-corrected chi connectivity index (χ1v) is 8.43. The predicted octanol–water partition coefficient (Wildman–Crippen LogP) is 3.12. The number of fused-ring (bicyclic) bond motifs is 1. The maximum Gasteiger partial charge on any atom is 0.298 e. The number of nitrogens with zero attached hydrogens (tertiary/aromatic N) is 5. The van der Waals surface area contributed by atoms with E-state index in [9.17, 15) is 4.79 Å². The zero-order valence-corrected chi connectivity index (χ0v) is 15.5. The minimum atomic E-state index is -0.262. The number of amides is 1. The molecule has 0 bridgehead atoms. The van der Waals surface area contributed by atoms with Crippen LogP contribution in [0.2, 0.25) is 0 Å². The molecule has 0 aliphatic carbocycles. The first-order chi connectivity index (χ1) is 12.0. The van der Waals surface area contributed by atoms with Gasteiger partial charge >= 0.3 is 0 Å². The molecule has 1 aliphatic heterocycles. The maximum absolute atomic E-state index is 12.2. The standard InChI is InChI=1S/C15H18N6O2.C2H6/c1-5-23-21-9(3)11-7-13(19-20-14(11)15(21)22)18-12-6-8(2)16-10(4)17-12;1-2/h6-7,9H,5H2,1-4H3,(H,16,17,18,19);1-2H3. The van der Waals surface area contributed by atoms with Gasteiger partial charge in [0.15, 0.2) is 11.5 Å². The largest absolute Gasteiger partial charge is 0.323 e. The third-order valence-corrected chi connectivity index (χ3v) is 3.52. The van der Waals surface area contributed by atoms with E-state index in [1.165, 1.54) is 5.06 Å². The fourth-order valence-electron chi connectivity index (χ4n) is 2.58. The second kappa shape index (κ2) is 7.98. The Balaban J connectivity index is 0.00000109. The number of carbonyl (C=O) groups excluding carboxylic acids is 1. The predicted molar refractivity (Wildman–Crippen MR) is 94.4 cm³/mol. The Labute approximate surface area is 147 Å². The van der Waals surface area contributed by atoms with E-state index in [0.717, 1.165) is 11.3 Å². The molecule has 1 N–H and O–H groups in total. The van der Waals surface area contributed by atoms with E-state index in [1.807, 2.05) is 47.6 Å². The van der Waals surface area contributed by atoms with Crippen LogP contribution >= 0.6 is 0 Å². The molecule has 2 aromatic rings. The number of carbonyl (C=O) groups is 1. The van der Waals surface area contributed by atoms with E-state index in [0.29, 0.717) is 29.8 Å². The van der Waals surface area contributed by atoms with E-state index in [4.69, 9.17) is 4.84 Å². The molecule has 0 fully saturated rings. The van der Waals surface area contributed by atoms with Gasteiger partial charge in [0.1, 0.15) is 11.6 Å². The fraction of sp³-hybridized carbons (Fsp3) is 0.471. The molecule has 0 aromatic carbocycles. The van der Waals surface area contributed by atoms with Crippen LogP contribution in [-0.4, -0.2) is 37.7 Å². The van der Waals surface area contributed by atoms with Gasteiger partial charge in [0.25, 0.3) is 5.91 Å². The van der Waals surface area contributed by atoms with Crippen molar-refractivity contribution >= 4 is 17.5 Å². The van der Waals surface area contributed by atoms with Gasteiger partial charge < -0.3 is 5.32 Å². The number of anilines is 2. The lowest BCUT2D eigenvalue weighted by Gasteiger charge is -2.19. The average molecular weight is 344 g/mol. The van der Waals surface area contributed by atoms with Crippen molar-refractivity contribution in [1.29, 1.82) is 0 Å². The molecule has 0 saturated carbocycles. The van der Waals surface area contributed by atoms with Gasteiger partial charge in [0, 0.05) is 17.3 Å². The molecule has 25 heavy (non-hydrogen) atoms. The zero-order valence-electron chi connectivity index (χ0n) is 15.5. The average Bonchev–Trinajstić information content (AvgIpc) is 2.81. The van der Waals surface area contributed by atoms with Crippen LogP contribution in [-0.2, 0) is 4.84 Å². The monoisotopic (exact) mass is 344 g/mol. The number of hydroxylamine groups is 2. The summed E-state index contributed by atoms with van der Waals surface area (Å²) in [5.41, 5.74) is 1.97. The molecule has 2 aromatic heterocycles. The molecule has 3 heterocycles. The Morgan fingerprint density at radius 1 is 1.16 bits per heavy atom. The second-order valence-electron chi connectivity index (χ2n) is 5.33. The molecule has 8 nitrogen and oxygen atoms in total. The number of aromatic nitrogens is 4. The van der Waals surface area contributed by atoms with Gasteiger partial charge in [0.05, 0.1) is 12.6 Å². The van der Waals surface area contributed by atoms with Gasteiger partial charge in [-0.05, 0) is 33.8 Å². The molecule has 1 unspecified atom stereocenters. The molecule has 0 radical (unpaired) electrons. The lowest BCUT2D eigenvalue weighted by Crippen LogP contribution is -2.27. The Morgan fingerprint density at radius 2 is 1.88 bits per heavy atom. The Bertz CT molecular complexity index is 745. The van der Waals surface area contributed by atoms with Crippen LogP contribution in [0.15, 0.2) is 12.1 Å². The minimum absolute atomic E-state index is 0.206. The van der Waals surface area contributed by atoms with Gasteiger partial charge in [-0.2, -0.15) is 0 Å². The van der Waals surface area contributed by atoms with Crippen molar-refractivity contribution < 1.29 is 9.63 Å². The quantitative estimate of drug-likeness (QED) is 0.910. The van der Waals surface area contributed by atoms with E-state index in [-0.39, 0.29) is 11.9 Å². The number of hydrogen-bond donors (Lipinski definition) is 1. The summed E-state index contributed by atoms with van der Waals surface area (Å²) in [5, 5.41) is 12.5. The van der Waals surface area contributed by atoms with Crippen LogP contribution in [0.5, 0.6) is 0 Å².